The number of amides is 1. The second-order valence-corrected chi connectivity index (χ2v) is 7.83. The second kappa shape index (κ2) is 8.85. The summed E-state index contributed by atoms with van der Waals surface area (Å²) >= 11 is 1.38. The molecule has 1 amide bonds. The summed E-state index contributed by atoms with van der Waals surface area (Å²) < 4.78 is 5.82. The van der Waals surface area contributed by atoms with E-state index in [-0.39, 0.29) is 11.7 Å². The minimum Gasteiger partial charge on any atom is -0.489 e. The van der Waals surface area contributed by atoms with Crippen LogP contribution >= 0.6 is 11.3 Å². The summed E-state index contributed by atoms with van der Waals surface area (Å²) in [7, 11) is 0. The number of hydrogen-bond donors (Lipinski definition) is 1. The highest BCUT2D eigenvalue weighted by atomic mass is 32.1. The molecule has 0 bridgehead atoms. The van der Waals surface area contributed by atoms with Gasteiger partial charge in [-0.25, -0.2) is 0 Å². The van der Waals surface area contributed by atoms with Crippen LogP contribution in [0.5, 0.6) is 5.75 Å². The Labute approximate surface area is 169 Å². The van der Waals surface area contributed by atoms with Gasteiger partial charge in [0.05, 0.1) is 4.88 Å². The van der Waals surface area contributed by atoms with Crippen LogP contribution in [0.4, 0.5) is 5.69 Å². The number of thiophene rings is 1. The van der Waals surface area contributed by atoms with Crippen molar-refractivity contribution in [2.75, 3.05) is 5.32 Å². The Morgan fingerprint density at radius 1 is 1.04 bits per heavy atom. The summed E-state index contributed by atoms with van der Waals surface area (Å²) in [6, 6.07) is 16.8. The van der Waals surface area contributed by atoms with Gasteiger partial charge in [0.25, 0.3) is 5.91 Å². The van der Waals surface area contributed by atoms with Gasteiger partial charge in [-0.1, -0.05) is 26.0 Å². The molecule has 5 heteroatoms. The van der Waals surface area contributed by atoms with Crippen molar-refractivity contribution in [3.63, 3.8) is 0 Å². The maximum atomic E-state index is 12.4. The number of ether oxygens (including phenoxy) is 1. The number of carbonyl (C=O) groups is 2. The van der Waals surface area contributed by atoms with Crippen LogP contribution in [0.1, 0.15) is 57.8 Å². The maximum absolute atomic E-state index is 12.4. The Morgan fingerprint density at radius 2 is 1.71 bits per heavy atom. The molecule has 0 atom stereocenters. The third-order valence-electron chi connectivity index (χ3n) is 4.38. The molecule has 0 saturated carbocycles. The third kappa shape index (κ3) is 5.08. The standard InChI is InChI=1S/C23H23NO3S/c1-15(2)18-6-10-21(11-7-18)27-13-17-12-22(28-14-17)23(26)24-20-8-4-19(5-9-20)16(3)25/h4-12,14-15H,13H2,1-3H3,(H,24,26). The van der Waals surface area contributed by atoms with E-state index >= 15 is 0 Å². The van der Waals surface area contributed by atoms with Gasteiger partial charge in [0.2, 0.25) is 0 Å². The SMILES string of the molecule is CC(=O)c1ccc(NC(=O)c2cc(COc3ccc(C(C)C)cc3)cs2)cc1. The van der Waals surface area contributed by atoms with Gasteiger partial charge in [0.1, 0.15) is 12.4 Å². The number of rotatable bonds is 7. The lowest BCUT2D eigenvalue weighted by Crippen LogP contribution is -2.10. The van der Waals surface area contributed by atoms with Gasteiger partial charge >= 0.3 is 0 Å². The molecular weight excluding hydrogens is 370 g/mol. The van der Waals surface area contributed by atoms with Gasteiger partial charge in [-0.15, -0.1) is 11.3 Å². The van der Waals surface area contributed by atoms with Crippen molar-refractivity contribution in [2.24, 2.45) is 0 Å². The minimum absolute atomic E-state index is 0.000351. The first-order valence-electron chi connectivity index (χ1n) is 9.15. The highest BCUT2D eigenvalue weighted by Gasteiger charge is 2.10. The molecule has 0 radical (unpaired) electrons. The van der Waals surface area contributed by atoms with Crippen molar-refractivity contribution >= 4 is 28.7 Å². The van der Waals surface area contributed by atoms with E-state index < -0.39 is 0 Å². The van der Waals surface area contributed by atoms with Crippen LogP contribution in [0.15, 0.2) is 60.0 Å². The van der Waals surface area contributed by atoms with Gasteiger partial charge in [0, 0.05) is 16.8 Å². The second-order valence-electron chi connectivity index (χ2n) is 6.92. The molecule has 1 heterocycles. The summed E-state index contributed by atoms with van der Waals surface area (Å²) in [4.78, 5) is 24.3. The summed E-state index contributed by atoms with van der Waals surface area (Å²) in [5.74, 6) is 1.13. The van der Waals surface area contributed by atoms with E-state index in [0.29, 0.717) is 28.7 Å². The lowest BCUT2D eigenvalue weighted by atomic mass is 10.0. The first-order valence-corrected chi connectivity index (χ1v) is 10.0. The fourth-order valence-corrected chi connectivity index (χ4v) is 3.46. The van der Waals surface area contributed by atoms with Crippen molar-refractivity contribution in [3.8, 4) is 5.75 Å². The van der Waals surface area contributed by atoms with Crippen LogP contribution in [-0.4, -0.2) is 11.7 Å². The molecule has 144 valence electrons. The number of nitrogens with one attached hydrogen (secondary N) is 1. The molecule has 0 spiro atoms. The fraction of sp³-hybridized carbons (Fsp3) is 0.217. The number of ketones is 1. The molecular formula is C23H23NO3S. The van der Waals surface area contributed by atoms with E-state index in [1.807, 2.05) is 23.6 Å². The van der Waals surface area contributed by atoms with Crippen molar-refractivity contribution in [3.05, 3.63) is 81.5 Å². The summed E-state index contributed by atoms with van der Waals surface area (Å²) in [6.07, 6.45) is 0. The topological polar surface area (TPSA) is 55.4 Å². The monoisotopic (exact) mass is 393 g/mol. The van der Waals surface area contributed by atoms with Crippen LogP contribution in [0, 0.1) is 0 Å². The fourth-order valence-electron chi connectivity index (χ4n) is 2.67. The van der Waals surface area contributed by atoms with E-state index in [0.717, 1.165) is 11.3 Å². The first kappa shape index (κ1) is 19.8. The average Bonchev–Trinajstić information content (AvgIpc) is 3.16. The zero-order chi connectivity index (χ0) is 20.1. The maximum Gasteiger partial charge on any atom is 0.265 e. The minimum atomic E-state index is -0.173. The van der Waals surface area contributed by atoms with E-state index in [1.54, 1.807) is 24.3 Å². The van der Waals surface area contributed by atoms with Gasteiger partial charge in [-0.2, -0.15) is 0 Å². The number of benzene rings is 2. The van der Waals surface area contributed by atoms with Crippen LogP contribution in [0.2, 0.25) is 0 Å². The number of anilines is 1. The Balaban J connectivity index is 1.56. The molecule has 3 rings (SSSR count). The Morgan fingerprint density at radius 3 is 2.32 bits per heavy atom. The smallest absolute Gasteiger partial charge is 0.265 e. The van der Waals surface area contributed by atoms with E-state index in [1.165, 1.54) is 23.8 Å². The predicted octanol–water partition coefficient (Wildman–Crippen LogP) is 5.91. The lowest BCUT2D eigenvalue weighted by Gasteiger charge is -2.08. The summed E-state index contributed by atoms with van der Waals surface area (Å²) in [5.41, 5.74) is 3.51. The van der Waals surface area contributed by atoms with Gasteiger partial charge in [0.15, 0.2) is 5.78 Å². The molecule has 4 nitrogen and oxygen atoms in total. The van der Waals surface area contributed by atoms with Crippen LogP contribution < -0.4 is 10.1 Å². The summed E-state index contributed by atoms with van der Waals surface area (Å²) in [5, 5.41) is 4.77. The molecule has 0 aliphatic carbocycles. The molecule has 3 aromatic rings. The normalized spacial score (nSPS) is 10.7. The third-order valence-corrected chi connectivity index (χ3v) is 5.36. The molecule has 0 fully saturated rings. The largest absolute Gasteiger partial charge is 0.489 e. The van der Waals surface area contributed by atoms with Crippen LogP contribution in [0.3, 0.4) is 0 Å². The molecule has 0 aliphatic heterocycles. The average molecular weight is 394 g/mol. The Kier molecular flexibility index (Phi) is 6.26. The van der Waals surface area contributed by atoms with Crippen molar-refractivity contribution in [1.29, 1.82) is 0 Å². The Hall–Kier alpha value is -2.92. The Bertz CT molecular complexity index is 956. The molecule has 0 unspecified atom stereocenters. The first-order chi connectivity index (χ1) is 13.4. The zero-order valence-electron chi connectivity index (χ0n) is 16.2. The highest BCUT2D eigenvalue weighted by Crippen LogP contribution is 2.22. The van der Waals surface area contributed by atoms with Crippen LogP contribution in [-0.2, 0) is 6.61 Å². The molecule has 1 aromatic heterocycles. The summed E-state index contributed by atoms with van der Waals surface area (Å²) in [6.45, 7) is 6.25. The number of hydrogen-bond acceptors (Lipinski definition) is 4. The number of carbonyl (C=O) groups excluding carboxylic acids is 2. The van der Waals surface area contributed by atoms with Gasteiger partial charge in [-0.3, -0.25) is 9.59 Å². The van der Waals surface area contributed by atoms with E-state index in [9.17, 15) is 9.59 Å². The van der Waals surface area contributed by atoms with Gasteiger partial charge in [-0.05, 0) is 66.2 Å². The van der Waals surface area contributed by atoms with Crippen molar-refractivity contribution in [1.82, 2.24) is 0 Å². The zero-order valence-corrected chi connectivity index (χ0v) is 17.0. The van der Waals surface area contributed by atoms with Gasteiger partial charge < -0.3 is 10.1 Å². The van der Waals surface area contributed by atoms with Crippen LogP contribution in [0.25, 0.3) is 0 Å². The lowest BCUT2D eigenvalue weighted by molar-refractivity contribution is 0.101. The molecule has 28 heavy (non-hydrogen) atoms. The number of Topliss-reactive ketones (excluding diaryl/α,β-unsaturated/α-hetero) is 1. The van der Waals surface area contributed by atoms with Crippen molar-refractivity contribution < 1.29 is 14.3 Å². The van der Waals surface area contributed by atoms with E-state index in [4.69, 9.17) is 4.74 Å². The van der Waals surface area contributed by atoms with E-state index in [2.05, 4.69) is 31.3 Å². The quantitative estimate of drug-likeness (QED) is 0.508. The predicted molar refractivity (Wildman–Crippen MR) is 114 cm³/mol. The van der Waals surface area contributed by atoms with Crippen molar-refractivity contribution in [2.45, 2.75) is 33.3 Å². The molecule has 1 N–H and O–H groups in total. The highest BCUT2D eigenvalue weighted by molar-refractivity contribution is 7.12. The molecule has 2 aromatic carbocycles. The molecule has 0 aliphatic rings. The molecule has 0 saturated heterocycles.